The molecule has 0 aliphatic heterocycles. The lowest BCUT2D eigenvalue weighted by atomic mass is 9.91. The molecule has 2 amide bonds. The first-order valence-electron chi connectivity index (χ1n) is 10.9. The van der Waals surface area contributed by atoms with Crippen molar-refractivity contribution in [1.82, 2.24) is 9.97 Å². The van der Waals surface area contributed by atoms with Gasteiger partial charge < -0.3 is 16.0 Å². The summed E-state index contributed by atoms with van der Waals surface area (Å²) >= 11 is 0. The Bertz CT molecular complexity index is 1140. The van der Waals surface area contributed by atoms with Gasteiger partial charge in [0.2, 0.25) is 11.9 Å². The smallest absolute Gasteiger partial charge is 0.258 e. The molecule has 0 spiro atoms. The Morgan fingerprint density at radius 1 is 1.12 bits per heavy atom. The van der Waals surface area contributed by atoms with E-state index in [2.05, 4.69) is 15.3 Å². The van der Waals surface area contributed by atoms with Gasteiger partial charge in [-0.3, -0.25) is 9.59 Å². The van der Waals surface area contributed by atoms with Gasteiger partial charge in [0, 0.05) is 29.9 Å². The molecule has 3 aromatic rings. The lowest BCUT2D eigenvalue weighted by Gasteiger charge is -2.17. The van der Waals surface area contributed by atoms with Gasteiger partial charge in [0.15, 0.2) is 5.82 Å². The molecule has 1 aliphatic rings. The maximum atomic E-state index is 14.3. The molecule has 1 saturated carbocycles. The van der Waals surface area contributed by atoms with Crippen LogP contribution in [0.4, 0.5) is 21.7 Å². The Morgan fingerprint density at radius 2 is 1.85 bits per heavy atom. The van der Waals surface area contributed by atoms with E-state index in [4.69, 9.17) is 5.73 Å². The van der Waals surface area contributed by atoms with Crippen LogP contribution in [-0.4, -0.2) is 28.8 Å². The molecule has 8 heteroatoms. The summed E-state index contributed by atoms with van der Waals surface area (Å²) in [5.74, 6) is -0.964. The molecule has 4 rings (SSSR count). The van der Waals surface area contributed by atoms with Crippen molar-refractivity contribution in [3.8, 4) is 0 Å². The number of carbonyl (C=O) groups excluding carboxylic acids is 2. The van der Waals surface area contributed by atoms with Crippen LogP contribution in [0.15, 0.2) is 60.8 Å². The Labute approximate surface area is 191 Å². The zero-order chi connectivity index (χ0) is 23.4. The van der Waals surface area contributed by atoms with E-state index in [0.717, 1.165) is 31.1 Å². The predicted molar refractivity (Wildman–Crippen MR) is 125 cm³/mol. The molecular formula is C25H26FN5O2. The van der Waals surface area contributed by atoms with Gasteiger partial charge in [-0.05, 0) is 61.6 Å². The molecular weight excluding hydrogens is 421 g/mol. The number of nitrogens with two attached hydrogens (primary N) is 1. The molecule has 0 saturated heterocycles. The number of nitrogens with zero attached hydrogens (tertiary/aromatic N) is 3. The topological polar surface area (TPSA) is 101 Å². The van der Waals surface area contributed by atoms with Gasteiger partial charge in [0.05, 0.1) is 11.9 Å². The second kappa shape index (κ2) is 9.77. The largest absolute Gasteiger partial charge is 0.369 e. The van der Waals surface area contributed by atoms with Gasteiger partial charge in [-0.1, -0.05) is 24.6 Å². The minimum atomic E-state index is -0.499. The average Bonchev–Trinajstić information content (AvgIpc) is 3.30. The highest BCUT2D eigenvalue weighted by Gasteiger charge is 2.32. The molecule has 1 fully saturated rings. The van der Waals surface area contributed by atoms with E-state index in [1.165, 1.54) is 0 Å². The highest BCUT2D eigenvalue weighted by molar-refractivity contribution is 6.05. The monoisotopic (exact) mass is 447 g/mol. The lowest BCUT2D eigenvalue weighted by Crippen LogP contribution is -2.27. The van der Waals surface area contributed by atoms with E-state index in [0.29, 0.717) is 17.7 Å². The minimum absolute atomic E-state index is 0.00773. The van der Waals surface area contributed by atoms with Crippen LogP contribution in [-0.2, 0) is 11.2 Å². The molecule has 1 heterocycles. The third-order valence-electron chi connectivity index (χ3n) is 6.13. The number of carbonyl (C=O) groups is 2. The van der Waals surface area contributed by atoms with Crippen molar-refractivity contribution >= 4 is 29.1 Å². The number of nitrogens with one attached hydrogen (secondary N) is 1. The zero-order valence-corrected chi connectivity index (χ0v) is 18.4. The molecule has 0 radical (unpaired) electrons. The van der Waals surface area contributed by atoms with Crippen LogP contribution in [0.3, 0.4) is 0 Å². The molecule has 33 heavy (non-hydrogen) atoms. The van der Waals surface area contributed by atoms with Crippen LogP contribution in [0.25, 0.3) is 0 Å². The van der Waals surface area contributed by atoms with Gasteiger partial charge in [-0.15, -0.1) is 0 Å². The molecule has 1 aliphatic carbocycles. The molecule has 2 aromatic carbocycles. The Hall–Kier alpha value is -3.81. The molecule has 1 aromatic heterocycles. The normalized spacial score (nSPS) is 17.5. The number of primary amides is 1. The lowest BCUT2D eigenvalue weighted by molar-refractivity contribution is -0.122. The first kappa shape index (κ1) is 22.4. The van der Waals surface area contributed by atoms with Gasteiger partial charge in [-0.2, -0.15) is 0 Å². The van der Waals surface area contributed by atoms with Crippen LogP contribution in [0.5, 0.6) is 0 Å². The fraction of sp³-hybridized carbons (Fsp3) is 0.280. The fourth-order valence-electron chi connectivity index (χ4n) is 4.30. The van der Waals surface area contributed by atoms with Crippen molar-refractivity contribution in [3.05, 3.63) is 77.9 Å². The van der Waals surface area contributed by atoms with E-state index in [9.17, 15) is 14.0 Å². The maximum absolute atomic E-state index is 14.3. The predicted octanol–water partition coefficient (Wildman–Crippen LogP) is 4.08. The summed E-state index contributed by atoms with van der Waals surface area (Å²) in [6, 6.07) is 16.3. The van der Waals surface area contributed by atoms with E-state index in [-0.39, 0.29) is 35.3 Å². The number of rotatable bonds is 7. The second-order valence-corrected chi connectivity index (χ2v) is 8.29. The van der Waals surface area contributed by atoms with Gasteiger partial charge in [-0.25, -0.2) is 14.4 Å². The first-order valence-corrected chi connectivity index (χ1v) is 10.9. The van der Waals surface area contributed by atoms with Crippen molar-refractivity contribution in [2.75, 3.05) is 17.3 Å². The van der Waals surface area contributed by atoms with Gasteiger partial charge in [0.25, 0.3) is 5.91 Å². The van der Waals surface area contributed by atoms with Crippen LogP contribution in [0.1, 0.15) is 35.3 Å². The minimum Gasteiger partial charge on any atom is -0.369 e. The van der Waals surface area contributed by atoms with Crippen LogP contribution in [0.2, 0.25) is 0 Å². The van der Waals surface area contributed by atoms with Gasteiger partial charge >= 0.3 is 0 Å². The number of benzene rings is 2. The number of halogens is 1. The summed E-state index contributed by atoms with van der Waals surface area (Å²) in [5.41, 5.74) is 7.76. The number of amides is 2. The molecule has 0 unspecified atom stereocenters. The van der Waals surface area contributed by atoms with Crippen LogP contribution < -0.4 is 16.0 Å². The maximum Gasteiger partial charge on any atom is 0.258 e. The Kier molecular flexibility index (Phi) is 6.63. The quantitative estimate of drug-likeness (QED) is 0.568. The second-order valence-electron chi connectivity index (χ2n) is 8.29. The van der Waals surface area contributed by atoms with E-state index >= 15 is 0 Å². The highest BCUT2D eigenvalue weighted by atomic mass is 19.1. The summed E-state index contributed by atoms with van der Waals surface area (Å²) < 4.78 is 14.3. The molecule has 3 N–H and O–H groups in total. The number of hydrogen-bond donors (Lipinski definition) is 2. The van der Waals surface area contributed by atoms with Gasteiger partial charge in [0.1, 0.15) is 0 Å². The van der Waals surface area contributed by atoms with E-state index in [1.54, 1.807) is 36.2 Å². The summed E-state index contributed by atoms with van der Waals surface area (Å²) in [6.07, 6.45) is 3.94. The van der Waals surface area contributed by atoms with E-state index < -0.39 is 5.82 Å². The van der Waals surface area contributed by atoms with Crippen molar-refractivity contribution in [2.45, 2.75) is 25.7 Å². The molecule has 170 valence electrons. The molecule has 0 bridgehead atoms. The molecule has 2 atom stereocenters. The fourth-order valence-corrected chi connectivity index (χ4v) is 4.30. The van der Waals surface area contributed by atoms with Crippen molar-refractivity contribution in [1.29, 1.82) is 0 Å². The van der Waals surface area contributed by atoms with E-state index in [1.807, 2.05) is 30.3 Å². The number of hydrogen-bond acceptors (Lipinski definition) is 5. The van der Waals surface area contributed by atoms with Crippen LogP contribution >= 0.6 is 0 Å². The van der Waals surface area contributed by atoms with Crippen LogP contribution in [0, 0.1) is 17.7 Å². The molecule has 7 nitrogen and oxygen atoms in total. The summed E-state index contributed by atoms with van der Waals surface area (Å²) in [4.78, 5) is 34.3. The number of para-hydroxylation sites is 1. The number of aromatic nitrogens is 2. The first-order chi connectivity index (χ1) is 15.9. The highest BCUT2D eigenvalue weighted by Crippen LogP contribution is 2.34. The Balaban J connectivity index is 1.44. The third-order valence-corrected chi connectivity index (χ3v) is 6.13. The summed E-state index contributed by atoms with van der Waals surface area (Å²) in [7, 11) is 1.73. The average molecular weight is 448 g/mol. The SMILES string of the molecule is CN(C(=O)c1ccc(Nc2ncc(F)c(C[C@@H]3CCC[C@@H]3C(N)=O)n2)cc1)c1ccccc1. The standard InChI is InChI=1S/C25H26FN5O2/c1-31(19-7-3-2-4-8-19)24(33)16-10-12-18(13-11-16)29-25-28-15-21(26)22(30-25)14-17-6-5-9-20(17)23(27)32/h2-4,7-8,10-13,15,17,20H,5-6,9,14H2,1H3,(H2,27,32)(H,28,29,30)/t17-,20-/m0/s1. The Morgan fingerprint density at radius 3 is 2.55 bits per heavy atom. The third kappa shape index (κ3) is 5.16. The summed E-state index contributed by atoms with van der Waals surface area (Å²) in [6.45, 7) is 0. The zero-order valence-electron chi connectivity index (χ0n) is 18.4. The van der Waals surface area contributed by atoms with Crippen molar-refractivity contribution in [2.24, 2.45) is 17.6 Å². The summed E-state index contributed by atoms with van der Waals surface area (Å²) in [5, 5.41) is 3.05. The van der Waals surface area contributed by atoms with Crippen molar-refractivity contribution in [3.63, 3.8) is 0 Å². The number of anilines is 3. The van der Waals surface area contributed by atoms with Crippen molar-refractivity contribution < 1.29 is 14.0 Å².